The Morgan fingerprint density at radius 3 is 2.12 bits per heavy atom. The Bertz CT molecular complexity index is 1020. The van der Waals surface area contributed by atoms with Crippen LogP contribution in [0.2, 0.25) is 0 Å². The van der Waals surface area contributed by atoms with Crippen LogP contribution in [0.3, 0.4) is 0 Å². The number of carbonyl (C=O) groups excluding carboxylic acids is 3. The highest BCUT2D eigenvalue weighted by Gasteiger charge is 2.37. The van der Waals surface area contributed by atoms with E-state index >= 15 is 0 Å². The molecule has 1 aliphatic heterocycles. The summed E-state index contributed by atoms with van der Waals surface area (Å²) in [7, 11) is 0. The van der Waals surface area contributed by atoms with Crippen LogP contribution in [0.4, 0.5) is 4.79 Å². The number of ether oxygens (including phenoxy) is 2. The Hall–Kier alpha value is -3.61. The van der Waals surface area contributed by atoms with Crippen LogP contribution < -0.4 is 5.32 Å². The summed E-state index contributed by atoms with van der Waals surface area (Å²) >= 11 is 0. The summed E-state index contributed by atoms with van der Waals surface area (Å²) in [5.41, 5.74) is 1.85. The summed E-state index contributed by atoms with van der Waals surface area (Å²) in [6.45, 7) is 11.7. The van der Waals surface area contributed by atoms with Gasteiger partial charge in [0.2, 0.25) is 0 Å². The molecule has 0 aliphatic carbocycles. The molecule has 1 heterocycles. The highest BCUT2D eigenvalue weighted by Crippen LogP contribution is 2.23. The van der Waals surface area contributed by atoms with E-state index < -0.39 is 17.7 Å². The Labute approximate surface area is 194 Å². The minimum atomic E-state index is -0.675. The smallest absolute Gasteiger partial charge is 0.407 e. The monoisotopic (exact) mass is 450 g/mol. The maximum atomic E-state index is 12.8. The molecule has 0 aromatic heterocycles. The van der Waals surface area contributed by atoms with Crippen molar-refractivity contribution in [2.24, 2.45) is 0 Å². The number of rotatable bonds is 8. The molecule has 174 valence electrons. The van der Waals surface area contributed by atoms with Crippen LogP contribution in [0.25, 0.3) is 5.76 Å². The van der Waals surface area contributed by atoms with E-state index in [1.165, 1.54) is 4.90 Å². The standard InChI is InChI=1S/C26H30N2O5/c1-6-32-17(2)19-13-11-18(12-14-19)15-20(27-25(31)33-26(3,4)5)16-28-23(29)21-9-7-8-10-22(21)24(28)30/h7-14,20H,2,6,15-16H2,1,3-5H3,(H,27,31). The SMILES string of the molecule is C=C(OCC)c1ccc(CC(CN2C(=O)c3ccccc3C2=O)NC(=O)OC(C)(C)C)cc1. The molecule has 1 unspecified atom stereocenters. The third kappa shape index (κ3) is 6.00. The van der Waals surface area contributed by atoms with Crippen molar-refractivity contribution in [3.05, 3.63) is 77.4 Å². The number of alkyl carbamates (subject to hydrolysis) is 1. The first-order chi connectivity index (χ1) is 15.6. The maximum absolute atomic E-state index is 12.8. The molecule has 1 N–H and O–H groups in total. The molecule has 1 atom stereocenters. The lowest BCUT2D eigenvalue weighted by molar-refractivity contribution is 0.0468. The lowest BCUT2D eigenvalue weighted by Crippen LogP contribution is -2.48. The highest BCUT2D eigenvalue weighted by atomic mass is 16.6. The summed E-state index contributed by atoms with van der Waals surface area (Å²) < 4.78 is 10.8. The van der Waals surface area contributed by atoms with E-state index in [-0.39, 0.29) is 18.4 Å². The van der Waals surface area contributed by atoms with Gasteiger partial charge in [0.05, 0.1) is 30.3 Å². The van der Waals surface area contributed by atoms with Gasteiger partial charge >= 0.3 is 6.09 Å². The van der Waals surface area contributed by atoms with E-state index in [0.29, 0.717) is 29.9 Å². The fourth-order valence-corrected chi connectivity index (χ4v) is 3.63. The molecule has 0 fully saturated rings. The number of hydrogen-bond acceptors (Lipinski definition) is 5. The molecule has 33 heavy (non-hydrogen) atoms. The summed E-state index contributed by atoms with van der Waals surface area (Å²) in [4.78, 5) is 39.3. The normalized spacial score (nSPS) is 14.0. The van der Waals surface area contributed by atoms with Crippen molar-refractivity contribution >= 4 is 23.7 Å². The molecule has 0 spiro atoms. The lowest BCUT2D eigenvalue weighted by Gasteiger charge is -2.26. The predicted octanol–water partition coefficient (Wildman–Crippen LogP) is 4.43. The molecule has 2 aromatic rings. The quantitative estimate of drug-likeness (QED) is 0.475. The Morgan fingerprint density at radius 1 is 1.03 bits per heavy atom. The number of hydrogen-bond donors (Lipinski definition) is 1. The van der Waals surface area contributed by atoms with E-state index in [1.54, 1.807) is 45.0 Å². The van der Waals surface area contributed by atoms with E-state index in [1.807, 2.05) is 31.2 Å². The van der Waals surface area contributed by atoms with Gasteiger partial charge in [0.25, 0.3) is 11.8 Å². The Balaban J connectivity index is 1.78. The average Bonchev–Trinajstić information content (AvgIpc) is 2.98. The second kappa shape index (κ2) is 9.90. The predicted molar refractivity (Wildman–Crippen MR) is 126 cm³/mol. The fourth-order valence-electron chi connectivity index (χ4n) is 3.63. The van der Waals surface area contributed by atoms with Crippen LogP contribution in [-0.2, 0) is 15.9 Å². The van der Waals surface area contributed by atoms with Gasteiger partial charge in [-0.1, -0.05) is 43.0 Å². The van der Waals surface area contributed by atoms with Gasteiger partial charge in [0, 0.05) is 5.56 Å². The van der Waals surface area contributed by atoms with E-state index in [0.717, 1.165) is 11.1 Å². The number of carbonyl (C=O) groups is 3. The number of fused-ring (bicyclic) bond motifs is 1. The summed E-state index contributed by atoms with van der Waals surface area (Å²) in [6, 6.07) is 13.8. The van der Waals surface area contributed by atoms with Crippen molar-refractivity contribution in [3.8, 4) is 0 Å². The summed E-state index contributed by atoms with van der Waals surface area (Å²) in [5.74, 6) is -0.150. The largest absolute Gasteiger partial charge is 0.494 e. The van der Waals surface area contributed by atoms with Gasteiger partial charge in [-0.3, -0.25) is 14.5 Å². The maximum Gasteiger partial charge on any atom is 0.407 e. The molecule has 3 rings (SSSR count). The molecule has 1 aliphatic rings. The van der Waals surface area contributed by atoms with Gasteiger partial charge in [-0.25, -0.2) is 4.79 Å². The highest BCUT2D eigenvalue weighted by molar-refractivity contribution is 6.21. The lowest BCUT2D eigenvalue weighted by atomic mass is 10.0. The average molecular weight is 451 g/mol. The second-order valence-electron chi connectivity index (χ2n) is 8.87. The second-order valence-corrected chi connectivity index (χ2v) is 8.87. The van der Waals surface area contributed by atoms with Crippen molar-refractivity contribution in [3.63, 3.8) is 0 Å². The first kappa shape index (κ1) is 24.0. The van der Waals surface area contributed by atoms with E-state index in [2.05, 4.69) is 11.9 Å². The molecule has 2 aromatic carbocycles. The van der Waals surface area contributed by atoms with E-state index in [9.17, 15) is 14.4 Å². The van der Waals surface area contributed by atoms with Gasteiger partial charge in [0.1, 0.15) is 11.4 Å². The van der Waals surface area contributed by atoms with Gasteiger partial charge in [-0.15, -0.1) is 0 Å². The zero-order valence-corrected chi connectivity index (χ0v) is 19.5. The van der Waals surface area contributed by atoms with Crippen molar-refractivity contribution in [1.82, 2.24) is 10.2 Å². The van der Waals surface area contributed by atoms with Gasteiger partial charge in [-0.2, -0.15) is 0 Å². The topological polar surface area (TPSA) is 84.9 Å². The summed E-state index contributed by atoms with van der Waals surface area (Å²) in [5, 5.41) is 2.82. The Morgan fingerprint density at radius 2 is 1.61 bits per heavy atom. The van der Waals surface area contributed by atoms with E-state index in [4.69, 9.17) is 9.47 Å². The molecular weight excluding hydrogens is 420 g/mol. The zero-order chi connectivity index (χ0) is 24.2. The van der Waals surface area contributed by atoms with Crippen molar-refractivity contribution in [2.45, 2.75) is 45.8 Å². The van der Waals surface area contributed by atoms with Crippen LogP contribution in [-0.4, -0.2) is 47.6 Å². The molecule has 3 amide bonds. The zero-order valence-electron chi connectivity index (χ0n) is 19.5. The van der Waals surface area contributed by atoms with Crippen LogP contribution in [0.5, 0.6) is 0 Å². The third-order valence-electron chi connectivity index (χ3n) is 5.08. The molecule has 0 saturated carbocycles. The van der Waals surface area contributed by atoms with Crippen molar-refractivity contribution in [1.29, 1.82) is 0 Å². The van der Waals surface area contributed by atoms with Gasteiger partial charge in [-0.05, 0) is 51.8 Å². The first-order valence-corrected chi connectivity index (χ1v) is 10.9. The summed E-state index contributed by atoms with van der Waals surface area (Å²) in [6.07, 6.45) is -0.209. The van der Waals surface area contributed by atoms with Crippen LogP contribution in [0, 0.1) is 0 Å². The van der Waals surface area contributed by atoms with Crippen LogP contribution in [0.15, 0.2) is 55.1 Å². The number of amides is 3. The van der Waals surface area contributed by atoms with Crippen molar-refractivity contribution < 1.29 is 23.9 Å². The minimum absolute atomic E-state index is 0.0268. The van der Waals surface area contributed by atoms with Crippen LogP contribution >= 0.6 is 0 Å². The third-order valence-corrected chi connectivity index (χ3v) is 5.08. The Kier molecular flexibility index (Phi) is 7.21. The van der Waals surface area contributed by atoms with Crippen molar-refractivity contribution in [2.75, 3.05) is 13.2 Å². The molecule has 7 heteroatoms. The fraction of sp³-hybridized carbons (Fsp3) is 0.346. The number of nitrogens with one attached hydrogen (secondary N) is 1. The van der Waals surface area contributed by atoms with Crippen LogP contribution in [0.1, 0.15) is 59.5 Å². The molecule has 0 bridgehead atoms. The number of imide groups is 1. The van der Waals surface area contributed by atoms with Gasteiger partial charge in [0.15, 0.2) is 0 Å². The molecule has 7 nitrogen and oxygen atoms in total. The number of benzene rings is 2. The first-order valence-electron chi connectivity index (χ1n) is 10.9. The van der Waals surface area contributed by atoms with Gasteiger partial charge < -0.3 is 14.8 Å². The molecule has 0 saturated heterocycles. The minimum Gasteiger partial charge on any atom is -0.494 e. The number of nitrogens with zero attached hydrogens (tertiary/aromatic N) is 1. The molecular formula is C26H30N2O5. The molecule has 0 radical (unpaired) electrons.